The first-order valence-electron chi connectivity index (χ1n) is 6.69. The second-order valence-electron chi connectivity index (χ2n) is 5.15. The lowest BCUT2D eigenvalue weighted by Crippen LogP contribution is -2.04. The summed E-state index contributed by atoms with van der Waals surface area (Å²) in [7, 11) is 0. The van der Waals surface area contributed by atoms with E-state index >= 15 is 0 Å². The smallest absolute Gasteiger partial charge is 0.160 e. The zero-order chi connectivity index (χ0) is 12.7. The first-order valence-corrected chi connectivity index (χ1v) is 7.13. The van der Waals surface area contributed by atoms with Crippen LogP contribution >= 0.6 is 11.6 Å². The summed E-state index contributed by atoms with van der Waals surface area (Å²) in [5.74, 6) is 1.75. The van der Waals surface area contributed by atoms with Crippen LogP contribution in [0, 0.1) is 5.92 Å². The Bertz CT molecular complexity index is 561. The maximum Gasteiger partial charge on any atom is 0.160 e. The van der Waals surface area contributed by atoms with E-state index in [0.717, 1.165) is 22.9 Å². The minimum Gasteiger partial charge on any atom is -0.308 e. The monoisotopic (exact) mass is 263 g/mol. The Morgan fingerprint density at radius 2 is 2.39 bits per heavy atom. The van der Waals surface area contributed by atoms with Crippen molar-refractivity contribution in [2.24, 2.45) is 5.92 Å². The Morgan fingerprint density at radius 3 is 3.11 bits per heavy atom. The minimum atomic E-state index is -0.0675. The molecular formula is C14H18ClN3. The van der Waals surface area contributed by atoms with Gasteiger partial charge in [0.05, 0.1) is 5.38 Å². The third kappa shape index (κ3) is 1.91. The summed E-state index contributed by atoms with van der Waals surface area (Å²) in [5, 5.41) is -0.0675. The molecule has 1 aliphatic carbocycles. The molecule has 2 heterocycles. The molecule has 3 atom stereocenters. The van der Waals surface area contributed by atoms with E-state index in [1.165, 1.54) is 19.3 Å². The molecule has 3 rings (SSSR count). The van der Waals surface area contributed by atoms with Crippen LogP contribution < -0.4 is 0 Å². The Hall–Kier alpha value is -1.09. The van der Waals surface area contributed by atoms with Crippen LogP contribution in [0.2, 0.25) is 0 Å². The van der Waals surface area contributed by atoms with Crippen molar-refractivity contribution in [1.82, 2.24) is 14.5 Å². The van der Waals surface area contributed by atoms with Crippen molar-refractivity contribution in [3.63, 3.8) is 0 Å². The summed E-state index contributed by atoms with van der Waals surface area (Å²) in [6, 6.07) is 4.50. The number of halogens is 1. The highest BCUT2D eigenvalue weighted by molar-refractivity contribution is 6.20. The van der Waals surface area contributed by atoms with E-state index in [-0.39, 0.29) is 5.38 Å². The van der Waals surface area contributed by atoms with E-state index in [2.05, 4.69) is 21.5 Å². The Kier molecular flexibility index (Phi) is 3.02. The number of hydrogen-bond donors (Lipinski definition) is 0. The van der Waals surface area contributed by atoms with Crippen molar-refractivity contribution in [2.75, 3.05) is 0 Å². The van der Waals surface area contributed by atoms with Crippen LogP contribution in [0.4, 0.5) is 0 Å². The largest absolute Gasteiger partial charge is 0.308 e. The molecule has 1 aliphatic rings. The lowest BCUT2D eigenvalue weighted by molar-refractivity contribution is 0.595. The van der Waals surface area contributed by atoms with Crippen molar-refractivity contribution in [3.05, 3.63) is 24.2 Å². The molecule has 3 nitrogen and oxygen atoms in total. The average molecular weight is 264 g/mol. The van der Waals surface area contributed by atoms with Gasteiger partial charge in [-0.3, -0.25) is 0 Å². The number of imidazole rings is 1. The molecule has 4 heteroatoms. The fraction of sp³-hybridized carbons (Fsp3) is 0.571. The van der Waals surface area contributed by atoms with E-state index in [1.807, 2.05) is 25.3 Å². The van der Waals surface area contributed by atoms with E-state index in [4.69, 9.17) is 11.6 Å². The summed E-state index contributed by atoms with van der Waals surface area (Å²) >= 11 is 6.27. The molecule has 0 aromatic carbocycles. The summed E-state index contributed by atoms with van der Waals surface area (Å²) in [6.45, 7) is 4.22. The van der Waals surface area contributed by atoms with Crippen LogP contribution in [0.1, 0.15) is 50.4 Å². The normalized spacial score (nSPS) is 24.4. The van der Waals surface area contributed by atoms with Crippen LogP contribution in [-0.4, -0.2) is 14.5 Å². The summed E-state index contributed by atoms with van der Waals surface area (Å²) in [5.41, 5.74) is 1.95. The van der Waals surface area contributed by atoms with Gasteiger partial charge in [0.1, 0.15) is 11.3 Å². The molecule has 18 heavy (non-hydrogen) atoms. The number of pyridine rings is 1. The van der Waals surface area contributed by atoms with Crippen molar-refractivity contribution >= 4 is 22.8 Å². The molecular weight excluding hydrogens is 246 g/mol. The van der Waals surface area contributed by atoms with Crippen LogP contribution in [-0.2, 0) is 0 Å². The summed E-state index contributed by atoms with van der Waals surface area (Å²) < 4.78 is 2.27. The first kappa shape index (κ1) is 12.0. The predicted octanol–water partition coefficient (Wildman–Crippen LogP) is 4.09. The van der Waals surface area contributed by atoms with Gasteiger partial charge in [0, 0.05) is 12.2 Å². The van der Waals surface area contributed by atoms with Gasteiger partial charge in [-0.25, -0.2) is 9.97 Å². The number of rotatable bonds is 4. The average Bonchev–Trinajstić information content (AvgIpc) is 3.00. The van der Waals surface area contributed by atoms with E-state index in [0.29, 0.717) is 6.04 Å². The molecule has 3 unspecified atom stereocenters. The fourth-order valence-corrected chi connectivity index (χ4v) is 2.94. The highest BCUT2D eigenvalue weighted by atomic mass is 35.5. The predicted molar refractivity (Wildman–Crippen MR) is 73.8 cm³/mol. The molecule has 1 saturated carbocycles. The molecule has 2 aromatic rings. The number of aromatic nitrogens is 3. The Labute approximate surface area is 112 Å². The van der Waals surface area contributed by atoms with E-state index in [9.17, 15) is 0 Å². The van der Waals surface area contributed by atoms with Gasteiger partial charge >= 0.3 is 0 Å². The third-order valence-electron chi connectivity index (χ3n) is 3.71. The van der Waals surface area contributed by atoms with Gasteiger partial charge in [-0.2, -0.15) is 0 Å². The van der Waals surface area contributed by atoms with Crippen molar-refractivity contribution < 1.29 is 0 Å². The number of alkyl halides is 1. The summed E-state index contributed by atoms with van der Waals surface area (Å²) in [6.07, 6.45) is 5.60. The quantitative estimate of drug-likeness (QED) is 0.778. The maximum absolute atomic E-state index is 6.27. The molecule has 0 aliphatic heterocycles. The van der Waals surface area contributed by atoms with Crippen molar-refractivity contribution in [3.8, 4) is 0 Å². The van der Waals surface area contributed by atoms with E-state index in [1.54, 1.807) is 0 Å². The Balaban J connectivity index is 2.06. The molecule has 2 aromatic heterocycles. The molecule has 0 bridgehead atoms. The number of hydrogen-bond acceptors (Lipinski definition) is 2. The molecule has 0 saturated heterocycles. The molecule has 0 spiro atoms. The van der Waals surface area contributed by atoms with Crippen molar-refractivity contribution in [1.29, 1.82) is 0 Å². The molecule has 96 valence electrons. The second-order valence-corrected chi connectivity index (χ2v) is 5.81. The van der Waals surface area contributed by atoms with Crippen LogP contribution in [0.25, 0.3) is 11.2 Å². The van der Waals surface area contributed by atoms with Crippen LogP contribution in [0.5, 0.6) is 0 Å². The lowest BCUT2D eigenvalue weighted by atomic mass is 10.2. The topological polar surface area (TPSA) is 30.7 Å². The summed E-state index contributed by atoms with van der Waals surface area (Å²) in [4.78, 5) is 9.12. The van der Waals surface area contributed by atoms with Crippen LogP contribution in [0.15, 0.2) is 18.3 Å². The van der Waals surface area contributed by atoms with Gasteiger partial charge in [0.15, 0.2) is 5.65 Å². The zero-order valence-electron chi connectivity index (χ0n) is 10.8. The van der Waals surface area contributed by atoms with Crippen LogP contribution in [0.3, 0.4) is 0 Å². The highest BCUT2D eigenvalue weighted by Gasteiger charge is 2.40. The van der Waals surface area contributed by atoms with Gasteiger partial charge in [0.25, 0.3) is 0 Å². The number of nitrogens with zero attached hydrogens (tertiary/aromatic N) is 3. The second kappa shape index (κ2) is 4.54. The molecule has 0 radical (unpaired) electrons. The first-order chi connectivity index (χ1) is 8.72. The van der Waals surface area contributed by atoms with Gasteiger partial charge < -0.3 is 4.57 Å². The highest BCUT2D eigenvalue weighted by Crippen LogP contribution is 2.49. The van der Waals surface area contributed by atoms with Gasteiger partial charge in [0.2, 0.25) is 0 Å². The number of fused-ring (bicyclic) bond motifs is 1. The maximum atomic E-state index is 6.27. The lowest BCUT2D eigenvalue weighted by Gasteiger charge is -2.09. The SMILES string of the molecule is CCCC1CC1n1c(C(C)Cl)nc2cccnc21. The fourth-order valence-electron chi connectivity index (χ4n) is 2.78. The Morgan fingerprint density at radius 1 is 1.56 bits per heavy atom. The van der Waals surface area contributed by atoms with Gasteiger partial charge in [-0.1, -0.05) is 13.3 Å². The van der Waals surface area contributed by atoms with Gasteiger partial charge in [-0.05, 0) is 37.8 Å². The van der Waals surface area contributed by atoms with Crippen molar-refractivity contribution in [2.45, 2.75) is 44.5 Å². The molecule has 0 N–H and O–H groups in total. The minimum absolute atomic E-state index is 0.0675. The van der Waals surface area contributed by atoms with E-state index < -0.39 is 0 Å². The van der Waals surface area contributed by atoms with Gasteiger partial charge in [-0.15, -0.1) is 11.6 Å². The molecule has 0 amide bonds. The molecule has 1 fully saturated rings. The third-order valence-corrected chi connectivity index (χ3v) is 3.90. The zero-order valence-corrected chi connectivity index (χ0v) is 11.6. The standard InChI is InChI=1S/C14H18ClN3/c1-3-5-10-8-12(10)18-13(9(2)15)17-11-6-4-7-16-14(11)18/h4,6-7,9-10,12H,3,5,8H2,1-2H3.